The van der Waals surface area contributed by atoms with E-state index in [4.69, 9.17) is 4.84 Å². The minimum absolute atomic E-state index is 0.122. The van der Waals surface area contributed by atoms with Crippen LogP contribution in [0.4, 0.5) is 0 Å². The molecule has 0 amide bonds. The molecule has 4 aliphatic heterocycles. The minimum Gasteiger partial charge on any atom is -0.300 e. The van der Waals surface area contributed by atoms with E-state index < -0.39 is 0 Å². The van der Waals surface area contributed by atoms with Crippen LogP contribution in [0.5, 0.6) is 0 Å². The molecule has 0 saturated carbocycles. The molecule has 1 aromatic heterocycles. The first kappa shape index (κ1) is 10.5. The molecule has 4 heteroatoms. The number of piperidine rings is 3. The summed E-state index contributed by atoms with van der Waals surface area (Å²) in [4.78, 5) is 12.8. The molecule has 3 saturated heterocycles. The number of aromatic nitrogens is 1. The summed E-state index contributed by atoms with van der Waals surface area (Å²) in [5, 5.41) is 0. The lowest BCUT2D eigenvalue weighted by Gasteiger charge is -2.49. The first-order chi connectivity index (χ1) is 8.86. The van der Waals surface area contributed by atoms with Gasteiger partial charge in [-0.05, 0) is 50.1 Å². The third-order valence-electron chi connectivity index (χ3n) is 4.43. The van der Waals surface area contributed by atoms with Crippen LogP contribution in [0.15, 0.2) is 30.5 Å². The molecule has 2 bridgehead atoms. The molecular formula is C14H17N3O. The summed E-state index contributed by atoms with van der Waals surface area (Å²) in [6.45, 7) is 3.46. The van der Waals surface area contributed by atoms with Gasteiger partial charge in [0.1, 0.15) is 5.60 Å². The Balaban J connectivity index is 1.67. The van der Waals surface area contributed by atoms with Gasteiger partial charge in [0.15, 0.2) is 0 Å². The maximum atomic E-state index is 5.96. The number of hydrogen-bond acceptors (Lipinski definition) is 4. The van der Waals surface area contributed by atoms with Crippen LogP contribution in [-0.4, -0.2) is 35.1 Å². The molecular weight excluding hydrogens is 226 g/mol. The van der Waals surface area contributed by atoms with Gasteiger partial charge in [-0.1, -0.05) is 6.07 Å². The Labute approximate surface area is 107 Å². The van der Waals surface area contributed by atoms with E-state index in [-0.39, 0.29) is 5.60 Å². The van der Waals surface area contributed by atoms with Gasteiger partial charge in [0.05, 0.1) is 11.4 Å². The number of hydroxylamine groups is 1. The van der Waals surface area contributed by atoms with Gasteiger partial charge in [-0.25, -0.2) is 0 Å². The van der Waals surface area contributed by atoms with E-state index in [1.807, 2.05) is 24.4 Å². The molecule has 1 aromatic rings. The molecule has 1 spiro atoms. The summed E-state index contributed by atoms with van der Waals surface area (Å²) in [6.07, 6.45) is 6.56. The summed E-state index contributed by atoms with van der Waals surface area (Å²) >= 11 is 0. The van der Waals surface area contributed by atoms with Crippen LogP contribution in [0.25, 0.3) is 5.70 Å². The Morgan fingerprint density at radius 3 is 2.89 bits per heavy atom. The smallest absolute Gasteiger partial charge is 0.132 e. The highest BCUT2D eigenvalue weighted by atomic mass is 16.7. The predicted octanol–water partition coefficient (Wildman–Crippen LogP) is 1.42. The first-order valence-electron chi connectivity index (χ1n) is 6.66. The van der Waals surface area contributed by atoms with Gasteiger partial charge in [-0.2, -0.15) is 0 Å². The van der Waals surface area contributed by atoms with Crippen molar-refractivity contribution in [2.24, 2.45) is 5.92 Å². The highest BCUT2D eigenvalue weighted by molar-refractivity contribution is 5.63. The Morgan fingerprint density at radius 1 is 1.33 bits per heavy atom. The molecule has 1 N–H and O–H groups in total. The normalized spacial score (nSPS) is 37.7. The monoisotopic (exact) mass is 243 g/mol. The minimum atomic E-state index is -0.122. The molecule has 1 atom stereocenters. The van der Waals surface area contributed by atoms with Crippen molar-refractivity contribution in [2.45, 2.75) is 18.4 Å². The van der Waals surface area contributed by atoms with E-state index in [0.717, 1.165) is 17.9 Å². The topological polar surface area (TPSA) is 37.4 Å². The van der Waals surface area contributed by atoms with Crippen molar-refractivity contribution in [3.8, 4) is 0 Å². The highest BCUT2D eigenvalue weighted by Gasteiger charge is 2.49. The molecule has 4 nitrogen and oxygen atoms in total. The lowest BCUT2D eigenvalue weighted by atomic mass is 9.75. The maximum Gasteiger partial charge on any atom is 0.132 e. The Kier molecular flexibility index (Phi) is 2.22. The SMILES string of the molecule is C1=C(c2ccccn2)NOC12CN1CCC2CC1. The zero-order valence-corrected chi connectivity index (χ0v) is 10.3. The fraction of sp³-hybridized carbons (Fsp3) is 0.500. The number of hydrogen-bond donors (Lipinski definition) is 1. The van der Waals surface area contributed by atoms with Crippen molar-refractivity contribution in [3.63, 3.8) is 0 Å². The van der Waals surface area contributed by atoms with Crippen LogP contribution in [0, 0.1) is 5.92 Å². The van der Waals surface area contributed by atoms with Crippen molar-refractivity contribution in [1.29, 1.82) is 0 Å². The van der Waals surface area contributed by atoms with Crippen LogP contribution in [0.1, 0.15) is 18.5 Å². The number of fused-ring (bicyclic) bond motifs is 2. The van der Waals surface area contributed by atoms with Gasteiger partial charge in [0.25, 0.3) is 0 Å². The fourth-order valence-corrected chi connectivity index (χ4v) is 3.44. The van der Waals surface area contributed by atoms with Crippen LogP contribution in [-0.2, 0) is 4.84 Å². The molecule has 1 unspecified atom stereocenters. The standard InChI is InChI=1S/C14H17N3O/c1-2-6-15-12(3-1)13-9-14(18-16-13)10-17-7-4-11(14)5-8-17/h1-3,6,9,11,16H,4-5,7-8,10H2. The van der Waals surface area contributed by atoms with E-state index in [1.165, 1.54) is 25.9 Å². The predicted molar refractivity (Wildman–Crippen MR) is 68.3 cm³/mol. The number of rotatable bonds is 1. The summed E-state index contributed by atoms with van der Waals surface area (Å²) in [6, 6.07) is 5.96. The quantitative estimate of drug-likeness (QED) is 0.809. The molecule has 3 fully saturated rings. The summed E-state index contributed by atoms with van der Waals surface area (Å²) in [5.41, 5.74) is 4.95. The van der Waals surface area contributed by atoms with E-state index >= 15 is 0 Å². The van der Waals surface area contributed by atoms with E-state index in [9.17, 15) is 0 Å². The van der Waals surface area contributed by atoms with E-state index in [2.05, 4.69) is 21.4 Å². The van der Waals surface area contributed by atoms with E-state index in [1.54, 1.807) is 0 Å². The molecule has 0 aliphatic carbocycles. The Bertz CT molecular complexity index is 479. The lowest BCUT2D eigenvalue weighted by Crippen LogP contribution is -2.58. The van der Waals surface area contributed by atoms with Gasteiger partial charge >= 0.3 is 0 Å². The van der Waals surface area contributed by atoms with Gasteiger partial charge < -0.3 is 0 Å². The van der Waals surface area contributed by atoms with Gasteiger partial charge in [-0.15, -0.1) is 0 Å². The first-order valence-corrected chi connectivity index (χ1v) is 6.66. The second kappa shape index (κ2) is 3.80. The number of pyridine rings is 1. The fourth-order valence-electron chi connectivity index (χ4n) is 3.44. The van der Waals surface area contributed by atoms with Gasteiger partial charge in [-0.3, -0.25) is 20.2 Å². The third-order valence-corrected chi connectivity index (χ3v) is 4.43. The Hall–Kier alpha value is -1.39. The second-order valence-corrected chi connectivity index (χ2v) is 5.48. The summed E-state index contributed by atoms with van der Waals surface area (Å²) < 4.78 is 0. The lowest BCUT2D eigenvalue weighted by molar-refractivity contribution is -0.135. The largest absolute Gasteiger partial charge is 0.300 e. The second-order valence-electron chi connectivity index (χ2n) is 5.48. The average molecular weight is 243 g/mol. The van der Waals surface area contributed by atoms with Crippen LogP contribution in [0.2, 0.25) is 0 Å². The third kappa shape index (κ3) is 1.49. The van der Waals surface area contributed by atoms with Crippen molar-refractivity contribution >= 4 is 5.70 Å². The van der Waals surface area contributed by atoms with Crippen molar-refractivity contribution in [2.75, 3.05) is 19.6 Å². The molecule has 94 valence electrons. The average Bonchev–Trinajstić information content (AvgIpc) is 2.85. The van der Waals surface area contributed by atoms with Crippen LogP contribution in [0.3, 0.4) is 0 Å². The number of nitrogens with one attached hydrogen (secondary N) is 1. The molecule has 5 rings (SSSR count). The zero-order valence-electron chi connectivity index (χ0n) is 10.3. The van der Waals surface area contributed by atoms with E-state index in [0.29, 0.717) is 5.92 Å². The molecule has 0 aromatic carbocycles. The van der Waals surface area contributed by atoms with Crippen LogP contribution < -0.4 is 5.48 Å². The molecule has 18 heavy (non-hydrogen) atoms. The summed E-state index contributed by atoms with van der Waals surface area (Å²) in [7, 11) is 0. The van der Waals surface area contributed by atoms with Gasteiger partial charge in [0, 0.05) is 12.7 Å². The number of nitrogens with zero attached hydrogens (tertiary/aromatic N) is 2. The maximum absolute atomic E-state index is 5.96. The zero-order chi connectivity index (χ0) is 12.0. The highest BCUT2D eigenvalue weighted by Crippen LogP contribution is 2.42. The Morgan fingerprint density at radius 2 is 2.22 bits per heavy atom. The molecule has 5 heterocycles. The van der Waals surface area contributed by atoms with Crippen LogP contribution >= 0.6 is 0 Å². The molecule has 0 radical (unpaired) electrons. The molecule has 4 aliphatic rings. The van der Waals surface area contributed by atoms with Crippen molar-refractivity contribution in [1.82, 2.24) is 15.4 Å². The van der Waals surface area contributed by atoms with Crippen molar-refractivity contribution in [3.05, 3.63) is 36.2 Å². The van der Waals surface area contributed by atoms with Gasteiger partial charge in [0.2, 0.25) is 0 Å². The summed E-state index contributed by atoms with van der Waals surface area (Å²) in [5.74, 6) is 0.649. The van der Waals surface area contributed by atoms with Crippen molar-refractivity contribution < 1.29 is 4.84 Å².